The molecule has 2 aliphatic carbocycles. The summed E-state index contributed by atoms with van der Waals surface area (Å²) < 4.78 is 0. The van der Waals surface area contributed by atoms with Crippen LogP contribution in [0.15, 0.2) is 24.3 Å². The van der Waals surface area contributed by atoms with Crippen molar-refractivity contribution in [2.24, 2.45) is 5.73 Å². The maximum Gasteiger partial charge on any atom is 0.243 e. The van der Waals surface area contributed by atoms with E-state index < -0.39 is 5.54 Å². The van der Waals surface area contributed by atoms with E-state index in [1.165, 1.54) is 11.1 Å². The van der Waals surface area contributed by atoms with Crippen molar-refractivity contribution >= 4 is 5.91 Å². The second kappa shape index (κ2) is 4.64. The first-order valence-electron chi connectivity index (χ1n) is 7.24. The number of nitrogens with zero attached hydrogens (tertiary/aromatic N) is 1. The van der Waals surface area contributed by atoms with Gasteiger partial charge in [0.15, 0.2) is 0 Å². The number of nitrogens with two attached hydrogens (primary N) is 1. The van der Waals surface area contributed by atoms with Crippen molar-refractivity contribution in [2.75, 3.05) is 0 Å². The lowest BCUT2D eigenvalue weighted by Crippen LogP contribution is -2.59. The molecule has 0 aliphatic heterocycles. The van der Waals surface area contributed by atoms with Crippen LogP contribution in [0.4, 0.5) is 0 Å². The van der Waals surface area contributed by atoms with E-state index in [9.17, 15) is 4.79 Å². The van der Waals surface area contributed by atoms with Crippen LogP contribution in [-0.2, 0) is 11.3 Å². The first-order valence-corrected chi connectivity index (χ1v) is 7.24. The Hall–Kier alpha value is -1.35. The molecule has 2 aliphatic rings. The highest BCUT2D eigenvalue weighted by atomic mass is 16.2. The van der Waals surface area contributed by atoms with E-state index >= 15 is 0 Å². The molecule has 2 fully saturated rings. The largest absolute Gasteiger partial charge is 0.334 e. The van der Waals surface area contributed by atoms with Gasteiger partial charge in [0.25, 0.3) is 0 Å². The van der Waals surface area contributed by atoms with Gasteiger partial charge in [-0.25, -0.2) is 0 Å². The highest BCUT2D eigenvalue weighted by Crippen LogP contribution is 2.36. The zero-order valence-electron chi connectivity index (χ0n) is 11.6. The van der Waals surface area contributed by atoms with Gasteiger partial charge in [-0.15, -0.1) is 0 Å². The van der Waals surface area contributed by atoms with Crippen molar-refractivity contribution in [1.29, 1.82) is 0 Å². The third-order valence-electron chi connectivity index (χ3n) is 4.39. The van der Waals surface area contributed by atoms with Crippen LogP contribution in [0, 0.1) is 6.92 Å². The van der Waals surface area contributed by atoms with E-state index in [0.29, 0.717) is 12.6 Å². The predicted molar refractivity (Wildman–Crippen MR) is 75.5 cm³/mol. The number of hydrogen-bond donors (Lipinski definition) is 1. The van der Waals surface area contributed by atoms with Crippen LogP contribution in [-0.4, -0.2) is 22.4 Å². The Morgan fingerprint density at radius 3 is 2.42 bits per heavy atom. The maximum absolute atomic E-state index is 12.6. The van der Waals surface area contributed by atoms with Gasteiger partial charge in [0, 0.05) is 12.6 Å². The molecule has 1 amide bonds. The minimum absolute atomic E-state index is 0.168. The van der Waals surface area contributed by atoms with E-state index in [4.69, 9.17) is 5.73 Å². The molecule has 0 radical (unpaired) electrons. The van der Waals surface area contributed by atoms with Crippen LogP contribution in [0.2, 0.25) is 0 Å². The number of rotatable bonds is 4. The molecule has 3 rings (SSSR count). The molecular formula is C16H22N2O. The monoisotopic (exact) mass is 258 g/mol. The second-order valence-corrected chi connectivity index (χ2v) is 6.16. The predicted octanol–water partition coefficient (Wildman–Crippen LogP) is 2.37. The molecule has 0 unspecified atom stereocenters. The third-order valence-corrected chi connectivity index (χ3v) is 4.39. The Morgan fingerprint density at radius 1 is 1.32 bits per heavy atom. The van der Waals surface area contributed by atoms with E-state index in [0.717, 1.165) is 32.1 Å². The molecule has 3 nitrogen and oxygen atoms in total. The molecule has 2 N–H and O–H groups in total. The van der Waals surface area contributed by atoms with Gasteiger partial charge in [0.05, 0.1) is 5.54 Å². The summed E-state index contributed by atoms with van der Waals surface area (Å²) in [5.74, 6) is 0.168. The fraction of sp³-hybridized carbons (Fsp3) is 0.562. The lowest BCUT2D eigenvalue weighted by atomic mass is 9.76. The smallest absolute Gasteiger partial charge is 0.243 e. The fourth-order valence-corrected chi connectivity index (χ4v) is 2.70. The van der Waals surface area contributed by atoms with Crippen LogP contribution < -0.4 is 5.73 Å². The van der Waals surface area contributed by atoms with Crippen molar-refractivity contribution < 1.29 is 4.79 Å². The highest BCUT2D eigenvalue weighted by Gasteiger charge is 2.46. The molecule has 1 aromatic carbocycles. The van der Waals surface area contributed by atoms with Gasteiger partial charge >= 0.3 is 0 Å². The summed E-state index contributed by atoms with van der Waals surface area (Å²) in [5, 5.41) is 0. The van der Waals surface area contributed by atoms with Crippen LogP contribution >= 0.6 is 0 Å². The topological polar surface area (TPSA) is 46.3 Å². The molecule has 0 atom stereocenters. The Balaban J connectivity index is 1.74. The SMILES string of the molecule is Cc1ccc(CN(C(=O)C2(N)CCC2)C2CC2)cc1. The van der Waals surface area contributed by atoms with Gasteiger partial charge in [0.1, 0.15) is 0 Å². The fourth-order valence-electron chi connectivity index (χ4n) is 2.70. The molecule has 102 valence electrons. The molecule has 3 heteroatoms. The minimum Gasteiger partial charge on any atom is -0.334 e. The standard InChI is InChI=1S/C16H22N2O/c1-12-3-5-13(6-4-12)11-18(14-7-8-14)15(19)16(17)9-2-10-16/h3-6,14H,2,7-11,17H2,1H3. The number of carbonyl (C=O) groups is 1. The van der Waals surface area contributed by atoms with Gasteiger partial charge < -0.3 is 10.6 Å². The molecule has 19 heavy (non-hydrogen) atoms. The minimum atomic E-state index is -0.562. The summed E-state index contributed by atoms with van der Waals surface area (Å²) in [4.78, 5) is 14.6. The lowest BCUT2D eigenvalue weighted by molar-refractivity contribution is -0.141. The first kappa shape index (κ1) is 12.7. The zero-order valence-corrected chi connectivity index (χ0v) is 11.6. The quantitative estimate of drug-likeness (QED) is 0.901. The highest BCUT2D eigenvalue weighted by molar-refractivity contribution is 5.87. The molecule has 0 aromatic heterocycles. The van der Waals surface area contributed by atoms with Crippen LogP contribution in [0.25, 0.3) is 0 Å². The third kappa shape index (κ3) is 2.52. The van der Waals surface area contributed by atoms with Crippen molar-refractivity contribution in [3.63, 3.8) is 0 Å². The van der Waals surface area contributed by atoms with Crippen LogP contribution in [0.1, 0.15) is 43.2 Å². The van der Waals surface area contributed by atoms with Gasteiger partial charge in [-0.1, -0.05) is 29.8 Å². The van der Waals surface area contributed by atoms with Crippen molar-refractivity contribution in [3.8, 4) is 0 Å². The Morgan fingerprint density at radius 2 is 1.95 bits per heavy atom. The second-order valence-electron chi connectivity index (χ2n) is 6.16. The molecular weight excluding hydrogens is 236 g/mol. The van der Waals surface area contributed by atoms with Crippen LogP contribution in [0.5, 0.6) is 0 Å². The molecule has 0 spiro atoms. The lowest BCUT2D eigenvalue weighted by Gasteiger charge is -2.40. The Labute approximate surface area is 114 Å². The molecule has 1 aromatic rings. The molecule has 2 saturated carbocycles. The van der Waals surface area contributed by atoms with E-state index in [1.54, 1.807) is 0 Å². The summed E-state index contributed by atoms with van der Waals surface area (Å²) >= 11 is 0. The average molecular weight is 258 g/mol. The first-order chi connectivity index (χ1) is 9.08. The zero-order chi connectivity index (χ0) is 13.5. The molecule has 0 bridgehead atoms. The summed E-state index contributed by atoms with van der Waals surface area (Å²) in [6.45, 7) is 2.79. The number of amides is 1. The van der Waals surface area contributed by atoms with Gasteiger partial charge in [-0.2, -0.15) is 0 Å². The summed E-state index contributed by atoms with van der Waals surface area (Å²) in [7, 11) is 0. The summed E-state index contributed by atoms with van der Waals surface area (Å²) in [5.41, 5.74) is 8.09. The van der Waals surface area contributed by atoms with Gasteiger partial charge in [-0.3, -0.25) is 4.79 Å². The number of carbonyl (C=O) groups excluding carboxylic acids is 1. The van der Waals surface area contributed by atoms with Gasteiger partial charge in [0.2, 0.25) is 5.91 Å². The maximum atomic E-state index is 12.6. The number of benzene rings is 1. The van der Waals surface area contributed by atoms with Gasteiger partial charge in [-0.05, 0) is 44.6 Å². The average Bonchev–Trinajstić information content (AvgIpc) is 3.19. The van der Waals surface area contributed by atoms with Crippen molar-refractivity contribution in [3.05, 3.63) is 35.4 Å². The van der Waals surface area contributed by atoms with E-state index in [1.807, 2.05) is 4.90 Å². The summed E-state index contributed by atoms with van der Waals surface area (Å²) in [6.07, 6.45) is 5.05. The summed E-state index contributed by atoms with van der Waals surface area (Å²) in [6, 6.07) is 8.86. The Bertz CT molecular complexity index is 472. The van der Waals surface area contributed by atoms with Crippen molar-refractivity contribution in [2.45, 2.75) is 57.2 Å². The number of hydrogen-bond acceptors (Lipinski definition) is 2. The molecule has 0 saturated heterocycles. The van der Waals surface area contributed by atoms with Crippen molar-refractivity contribution in [1.82, 2.24) is 4.90 Å². The van der Waals surface area contributed by atoms with Crippen LogP contribution in [0.3, 0.4) is 0 Å². The molecule has 0 heterocycles. The Kier molecular flexibility index (Phi) is 3.09. The normalized spacial score (nSPS) is 20.7. The number of aryl methyl sites for hydroxylation is 1. The van der Waals surface area contributed by atoms with E-state index in [-0.39, 0.29) is 5.91 Å². The van der Waals surface area contributed by atoms with E-state index in [2.05, 4.69) is 31.2 Å².